The second-order valence-corrected chi connectivity index (χ2v) is 7.13. The minimum atomic E-state index is 0.332. The summed E-state index contributed by atoms with van der Waals surface area (Å²) in [6.07, 6.45) is 7.12. The minimum absolute atomic E-state index is 0.332. The Kier molecular flexibility index (Phi) is 4.51. The number of imidazole rings is 1. The van der Waals surface area contributed by atoms with Crippen LogP contribution in [-0.2, 0) is 6.42 Å². The van der Waals surface area contributed by atoms with Crippen molar-refractivity contribution in [3.63, 3.8) is 0 Å². The molecular weight excluding hydrogens is 324 g/mol. The van der Waals surface area contributed by atoms with Gasteiger partial charge in [0, 0.05) is 23.2 Å². The SMILES string of the molecule is CCc1c(N)nn2cc([C@H]3CC[C@H](N)CC3)nc2c1Nc1ccccc1. The van der Waals surface area contributed by atoms with Crippen LogP contribution in [0.4, 0.5) is 17.2 Å². The van der Waals surface area contributed by atoms with E-state index in [1.165, 1.54) is 0 Å². The number of benzene rings is 1. The lowest BCUT2D eigenvalue weighted by Crippen LogP contribution is -2.25. The van der Waals surface area contributed by atoms with Crippen molar-refractivity contribution in [1.82, 2.24) is 14.6 Å². The predicted octanol–water partition coefficient (Wildman–Crippen LogP) is 3.60. The lowest BCUT2D eigenvalue weighted by Gasteiger charge is -2.24. The average Bonchev–Trinajstić information content (AvgIpc) is 3.07. The summed E-state index contributed by atoms with van der Waals surface area (Å²) in [5.41, 5.74) is 17.2. The quantitative estimate of drug-likeness (QED) is 0.668. The first kappa shape index (κ1) is 16.8. The maximum absolute atomic E-state index is 6.24. The maximum atomic E-state index is 6.24. The first-order valence-corrected chi connectivity index (χ1v) is 9.41. The number of hydrogen-bond acceptors (Lipinski definition) is 5. The molecule has 26 heavy (non-hydrogen) atoms. The van der Waals surface area contributed by atoms with Gasteiger partial charge in [0.15, 0.2) is 5.65 Å². The van der Waals surface area contributed by atoms with Gasteiger partial charge in [-0.25, -0.2) is 9.50 Å². The van der Waals surface area contributed by atoms with Crippen LogP contribution in [-0.4, -0.2) is 20.6 Å². The van der Waals surface area contributed by atoms with Gasteiger partial charge in [-0.15, -0.1) is 5.10 Å². The minimum Gasteiger partial charge on any atom is -0.382 e. The summed E-state index contributed by atoms with van der Waals surface area (Å²) < 4.78 is 1.82. The molecule has 6 nitrogen and oxygen atoms in total. The van der Waals surface area contributed by atoms with E-state index < -0.39 is 0 Å². The van der Waals surface area contributed by atoms with Gasteiger partial charge in [-0.1, -0.05) is 25.1 Å². The highest BCUT2D eigenvalue weighted by Crippen LogP contribution is 2.34. The molecule has 2 heterocycles. The number of fused-ring (bicyclic) bond motifs is 1. The molecule has 0 aliphatic heterocycles. The fourth-order valence-electron chi connectivity index (χ4n) is 3.84. The topological polar surface area (TPSA) is 94.3 Å². The number of nitrogens with two attached hydrogens (primary N) is 2. The average molecular weight is 350 g/mol. The molecule has 1 saturated carbocycles. The third kappa shape index (κ3) is 3.12. The molecular formula is C20H26N6. The number of nitrogens with one attached hydrogen (secondary N) is 1. The van der Waals surface area contributed by atoms with Gasteiger partial charge in [0.1, 0.15) is 5.82 Å². The van der Waals surface area contributed by atoms with E-state index in [0.29, 0.717) is 17.8 Å². The highest BCUT2D eigenvalue weighted by Gasteiger charge is 2.24. The van der Waals surface area contributed by atoms with Crippen LogP contribution in [0.2, 0.25) is 0 Å². The van der Waals surface area contributed by atoms with Crippen LogP contribution in [0.1, 0.15) is 49.8 Å². The van der Waals surface area contributed by atoms with Crippen molar-refractivity contribution in [2.45, 2.75) is 51.0 Å². The Labute approximate surface area is 153 Å². The summed E-state index contributed by atoms with van der Waals surface area (Å²) in [6, 6.07) is 10.4. The highest BCUT2D eigenvalue weighted by atomic mass is 15.3. The molecule has 1 aromatic carbocycles. The molecule has 4 rings (SSSR count). The van der Waals surface area contributed by atoms with Crippen molar-refractivity contribution < 1.29 is 0 Å². The fourth-order valence-corrected chi connectivity index (χ4v) is 3.84. The molecule has 3 aromatic rings. The van der Waals surface area contributed by atoms with Crippen LogP contribution >= 0.6 is 0 Å². The smallest absolute Gasteiger partial charge is 0.178 e. The van der Waals surface area contributed by atoms with Crippen molar-refractivity contribution in [2.75, 3.05) is 11.1 Å². The van der Waals surface area contributed by atoms with Crippen molar-refractivity contribution in [2.24, 2.45) is 5.73 Å². The number of aromatic nitrogens is 3. The summed E-state index contributed by atoms with van der Waals surface area (Å²) in [5.74, 6) is 1.00. The van der Waals surface area contributed by atoms with E-state index in [-0.39, 0.29) is 0 Å². The highest BCUT2D eigenvalue weighted by molar-refractivity contribution is 5.80. The van der Waals surface area contributed by atoms with E-state index in [2.05, 4.69) is 17.3 Å². The Morgan fingerprint density at radius 3 is 2.58 bits per heavy atom. The lowest BCUT2D eigenvalue weighted by atomic mass is 9.85. The molecule has 0 radical (unpaired) electrons. The molecule has 0 atom stereocenters. The first-order valence-electron chi connectivity index (χ1n) is 9.41. The van der Waals surface area contributed by atoms with Crippen LogP contribution < -0.4 is 16.8 Å². The van der Waals surface area contributed by atoms with E-state index >= 15 is 0 Å². The molecule has 5 N–H and O–H groups in total. The fraction of sp³-hybridized carbons (Fsp3) is 0.400. The van der Waals surface area contributed by atoms with Crippen LogP contribution in [0.3, 0.4) is 0 Å². The Balaban J connectivity index is 1.77. The number of rotatable bonds is 4. The van der Waals surface area contributed by atoms with Gasteiger partial charge in [-0.3, -0.25) is 0 Å². The third-order valence-corrected chi connectivity index (χ3v) is 5.34. The van der Waals surface area contributed by atoms with Gasteiger partial charge >= 0.3 is 0 Å². The summed E-state index contributed by atoms with van der Waals surface area (Å²) in [5, 5.41) is 8.05. The lowest BCUT2D eigenvalue weighted by molar-refractivity contribution is 0.391. The van der Waals surface area contributed by atoms with Gasteiger partial charge in [-0.2, -0.15) is 0 Å². The van der Waals surface area contributed by atoms with Crippen molar-refractivity contribution >= 4 is 22.8 Å². The normalized spacial score (nSPS) is 20.4. The van der Waals surface area contributed by atoms with Crippen molar-refractivity contribution in [1.29, 1.82) is 0 Å². The maximum Gasteiger partial charge on any atom is 0.178 e. The van der Waals surface area contributed by atoms with Crippen LogP contribution in [0, 0.1) is 0 Å². The number of para-hydroxylation sites is 1. The molecule has 136 valence electrons. The first-order chi connectivity index (χ1) is 12.7. The monoisotopic (exact) mass is 350 g/mol. The van der Waals surface area contributed by atoms with Gasteiger partial charge in [0.25, 0.3) is 0 Å². The predicted molar refractivity (Wildman–Crippen MR) is 106 cm³/mol. The number of hydrogen-bond donors (Lipinski definition) is 3. The van der Waals surface area contributed by atoms with Crippen LogP contribution in [0.5, 0.6) is 0 Å². The molecule has 2 aromatic heterocycles. The van der Waals surface area contributed by atoms with E-state index in [9.17, 15) is 0 Å². The molecule has 0 spiro atoms. The van der Waals surface area contributed by atoms with Gasteiger partial charge in [0.05, 0.1) is 17.6 Å². The zero-order chi connectivity index (χ0) is 18.1. The standard InChI is InChI=1S/C20H26N6/c1-2-16-18(23-15-6-4-3-5-7-15)20-24-17(12-26(20)25-19(16)22)13-8-10-14(21)11-9-13/h3-7,12-14,23H,2,8-11,21H2,1H3,(H2,22,25)/t13-,14-. The number of anilines is 3. The van der Waals surface area contributed by atoms with Crippen molar-refractivity contribution in [3.8, 4) is 0 Å². The van der Waals surface area contributed by atoms with E-state index in [1.54, 1.807) is 0 Å². The number of nitrogens with zero attached hydrogens (tertiary/aromatic N) is 3. The Morgan fingerprint density at radius 1 is 1.15 bits per heavy atom. The second kappa shape index (κ2) is 6.96. The zero-order valence-corrected chi connectivity index (χ0v) is 15.2. The van der Waals surface area contributed by atoms with Gasteiger partial charge in [-0.05, 0) is 44.2 Å². The largest absolute Gasteiger partial charge is 0.382 e. The molecule has 0 bridgehead atoms. The van der Waals surface area contributed by atoms with E-state index in [1.807, 2.05) is 41.0 Å². The molecule has 0 amide bonds. The van der Waals surface area contributed by atoms with Gasteiger partial charge in [0.2, 0.25) is 0 Å². The van der Waals surface area contributed by atoms with Gasteiger partial charge < -0.3 is 16.8 Å². The molecule has 1 aliphatic rings. The molecule has 1 fully saturated rings. The second-order valence-electron chi connectivity index (χ2n) is 7.13. The third-order valence-electron chi connectivity index (χ3n) is 5.34. The molecule has 6 heteroatoms. The van der Waals surface area contributed by atoms with E-state index in [0.717, 1.165) is 60.4 Å². The van der Waals surface area contributed by atoms with Crippen LogP contribution in [0.15, 0.2) is 36.5 Å². The molecule has 1 aliphatic carbocycles. The Bertz CT molecular complexity index is 894. The van der Waals surface area contributed by atoms with Crippen molar-refractivity contribution in [3.05, 3.63) is 47.8 Å². The molecule has 0 unspecified atom stereocenters. The van der Waals surface area contributed by atoms with Crippen LogP contribution in [0.25, 0.3) is 5.65 Å². The van der Waals surface area contributed by atoms with E-state index in [4.69, 9.17) is 16.5 Å². The summed E-state index contributed by atoms with van der Waals surface area (Å²) >= 11 is 0. The summed E-state index contributed by atoms with van der Waals surface area (Å²) in [4.78, 5) is 4.95. The summed E-state index contributed by atoms with van der Waals surface area (Å²) in [7, 11) is 0. The zero-order valence-electron chi connectivity index (χ0n) is 15.2. The summed E-state index contributed by atoms with van der Waals surface area (Å²) in [6.45, 7) is 2.09. The Morgan fingerprint density at radius 2 is 1.88 bits per heavy atom. The molecule has 0 saturated heterocycles. The Hall–Kier alpha value is -2.60. The number of nitrogen functional groups attached to an aromatic ring is 1.